The molecule has 0 aliphatic rings. The maximum absolute atomic E-state index is 10.5. The summed E-state index contributed by atoms with van der Waals surface area (Å²) in [5, 5.41) is 25.4. The Morgan fingerprint density at radius 1 is 1.00 bits per heavy atom. The monoisotopic (exact) mass is 210 g/mol. The van der Waals surface area contributed by atoms with Crippen LogP contribution < -0.4 is 0 Å². The molecule has 0 bridgehead atoms. The first-order chi connectivity index (χ1) is 5.89. The number of rotatable bonds is 5. The summed E-state index contributed by atoms with van der Waals surface area (Å²) in [6.07, 6.45) is -0.658. The van der Waals surface area contributed by atoms with Crippen LogP contribution >= 0.6 is 11.6 Å². The third kappa shape index (κ3) is 1.89. The Balaban J connectivity index is 5.18. The summed E-state index contributed by atoms with van der Waals surface area (Å²) in [5.41, 5.74) is -2.83. The van der Waals surface area contributed by atoms with Crippen molar-refractivity contribution in [3.63, 3.8) is 0 Å². The van der Waals surface area contributed by atoms with Crippen molar-refractivity contribution in [2.75, 3.05) is 5.88 Å². The second-order valence-corrected chi connectivity index (χ2v) is 2.64. The first-order valence-electron chi connectivity index (χ1n) is 3.15. The van der Waals surface area contributed by atoms with Gasteiger partial charge in [-0.15, -0.1) is 11.6 Å². The molecule has 0 aliphatic heterocycles. The Kier molecular flexibility index (Phi) is 3.68. The number of hydrogen-bond acceptors (Lipinski definition) is 3. The maximum atomic E-state index is 10.5. The van der Waals surface area contributed by atoms with E-state index in [0.29, 0.717) is 0 Å². The fourth-order valence-electron chi connectivity index (χ4n) is 0.737. The number of halogens is 1. The average molecular weight is 211 g/mol. The SMILES string of the molecule is O=C(O)C(CCCl)(C(=O)O)C(=O)O. The zero-order valence-electron chi connectivity index (χ0n) is 6.36. The lowest BCUT2D eigenvalue weighted by atomic mass is 9.85. The molecule has 0 aliphatic carbocycles. The van der Waals surface area contributed by atoms with Gasteiger partial charge in [0.25, 0.3) is 5.41 Å². The molecule has 74 valence electrons. The quantitative estimate of drug-likeness (QED) is 0.430. The third-order valence-electron chi connectivity index (χ3n) is 1.56. The highest BCUT2D eigenvalue weighted by molar-refractivity contribution is 6.20. The van der Waals surface area contributed by atoms with Crippen LogP contribution in [0.5, 0.6) is 0 Å². The Labute approximate surface area is 77.7 Å². The molecule has 0 saturated heterocycles. The molecule has 0 unspecified atom stereocenters. The molecule has 0 aromatic heterocycles. The van der Waals surface area contributed by atoms with Gasteiger partial charge in [-0.2, -0.15) is 0 Å². The maximum Gasteiger partial charge on any atom is 0.332 e. The van der Waals surface area contributed by atoms with Crippen LogP contribution in [0.4, 0.5) is 0 Å². The zero-order valence-corrected chi connectivity index (χ0v) is 7.11. The van der Waals surface area contributed by atoms with Gasteiger partial charge < -0.3 is 15.3 Å². The van der Waals surface area contributed by atoms with Crippen LogP contribution in [0.15, 0.2) is 0 Å². The van der Waals surface area contributed by atoms with E-state index in [1.807, 2.05) is 0 Å². The van der Waals surface area contributed by atoms with Gasteiger partial charge in [0, 0.05) is 5.88 Å². The molecule has 0 rings (SSSR count). The van der Waals surface area contributed by atoms with Gasteiger partial charge in [0.1, 0.15) is 0 Å². The minimum Gasteiger partial charge on any atom is -0.480 e. The fourth-order valence-corrected chi connectivity index (χ4v) is 1.02. The number of carbonyl (C=O) groups is 3. The molecular formula is C6H7ClO6. The summed E-state index contributed by atoms with van der Waals surface area (Å²) in [4.78, 5) is 31.4. The van der Waals surface area contributed by atoms with E-state index in [1.165, 1.54) is 0 Å². The average Bonchev–Trinajstić information content (AvgIpc) is 1.97. The number of carboxylic acid groups (broad SMARTS) is 3. The van der Waals surface area contributed by atoms with Crippen LogP contribution in [-0.4, -0.2) is 39.1 Å². The molecule has 0 radical (unpaired) electrons. The van der Waals surface area contributed by atoms with E-state index >= 15 is 0 Å². The predicted octanol–water partition coefficient (Wildman–Crippen LogP) is -0.144. The predicted molar refractivity (Wildman–Crippen MR) is 40.7 cm³/mol. The van der Waals surface area contributed by atoms with Crippen molar-refractivity contribution in [3.05, 3.63) is 0 Å². The summed E-state index contributed by atoms with van der Waals surface area (Å²) < 4.78 is 0. The Morgan fingerprint density at radius 2 is 1.31 bits per heavy atom. The molecule has 0 aromatic rings. The van der Waals surface area contributed by atoms with Crippen LogP contribution in [-0.2, 0) is 14.4 Å². The molecular weight excluding hydrogens is 204 g/mol. The van der Waals surface area contributed by atoms with E-state index in [2.05, 4.69) is 0 Å². The van der Waals surface area contributed by atoms with E-state index in [0.717, 1.165) is 0 Å². The number of aliphatic carboxylic acids is 3. The zero-order chi connectivity index (χ0) is 10.6. The minimum absolute atomic E-state index is 0.356. The summed E-state index contributed by atoms with van der Waals surface area (Å²) in [5.74, 6) is -6.13. The van der Waals surface area contributed by atoms with Gasteiger partial charge in [-0.05, 0) is 6.42 Å². The second kappa shape index (κ2) is 4.08. The summed E-state index contributed by atoms with van der Waals surface area (Å²) in [6.45, 7) is 0. The number of alkyl halides is 1. The van der Waals surface area contributed by atoms with Crippen molar-refractivity contribution in [2.24, 2.45) is 5.41 Å². The molecule has 0 fully saturated rings. The van der Waals surface area contributed by atoms with Crippen LogP contribution in [0.2, 0.25) is 0 Å². The van der Waals surface area contributed by atoms with E-state index in [1.54, 1.807) is 0 Å². The van der Waals surface area contributed by atoms with E-state index in [9.17, 15) is 14.4 Å². The third-order valence-corrected chi connectivity index (χ3v) is 1.75. The summed E-state index contributed by atoms with van der Waals surface area (Å²) in [6, 6.07) is 0. The van der Waals surface area contributed by atoms with Gasteiger partial charge in [0.05, 0.1) is 0 Å². The molecule has 0 saturated carbocycles. The van der Waals surface area contributed by atoms with E-state index < -0.39 is 29.7 Å². The summed E-state index contributed by atoms with van der Waals surface area (Å²) in [7, 11) is 0. The topological polar surface area (TPSA) is 112 Å². The van der Waals surface area contributed by atoms with Crippen molar-refractivity contribution in [1.82, 2.24) is 0 Å². The highest BCUT2D eigenvalue weighted by Gasteiger charge is 2.53. The van der Waals surface area contributed by atoms with Crippen molar-refractivity contribution in [1.29, 1.82) is 0 Å². The van der Waals surface area contributed by atoms with Gasteiger partial charge in [-0.25, -0.2) is 0 Å². The molecule has 6 nitrogen and oxygen atoms in total. The van der Waals surface area contributed by atoms with Gasteiger partial charge in [0.15, 0.2) is 0 Å². The van der Waals surface area contributed by atoms with Gasteiger partial charge in [-0.1, -0.05) is 0 Å². The van der Waals surface area contributed by atoms with Crippen LogP contribution in [0.25, 0.3) is 0 Å². The second-order valence-electron chi connectivity index (χ2n) is 2.26. The molecule has 0 heterocycles. The number of hydrogen-bond donors (Lipinski definition) is 3. The van der Waals surface area contributed by atoms with Crippen molar-refractivity contribution in [2.45, 2.75) is 6.42 Å². The lowest BCUT2D eigenvalue weighted by molar-refractivity contribution is -0.175. The molecule has 0 amide bonds. The van der Waals surface area contributed by atoms with Gasteiger partial charge in [0.2, 0.25) is 0 Å². The first kappa shape index (κ1) is 11.7. The molecule has 0 aromatic carbocycles. The lowest BCUT2D eigenvalue weighted by Crippen LogP contribution is -2.46. The highest BCUT2D eigenvalue weighted by atomic mass is 35.5. The Hall–Kier alpha value is -1.30. The van der Waals surface area contributed by atoms with Crippen LogP contribution in [0, 0.1) is 5.41 Å². The minimum atomic E-state index is -2.83. The number of carboxylic acids is 3. The Morgan fingerprint density at radius 3 is 1.38 bits per heavy atom. The summed E-state index contributed by atoms with van der Waals surface area (Å²) >= 11 is 5.13. The van der Waals surface area contributed by atoms with Gasteiger partial charge >= 0.3 is 17.9 Å². The normalized spacial score (nSPS) is 10.8. The fraction of sp³-hybridized carbons (Fsp3) is 0.500. The molecule has 0 spiro atoms. The van der Waals surface area contributed by atoms with E-state index in [-0.39, 0.29) is 5.88 Å². The standard InChI is InChI=1S/C6H7ClO6/c7-2-1-6(3(8)9,4(10)11)5(12)13/h1-2H2,(H,8,9)(H,10,11)(H,12,13). The molecule has 13 heavy (non-hydrogen) atoms. The Bertz CT molecular complexity index is 211. The molecule has 0 atom stereocenters. The molecule has 3 N–H and O–H groups in total. The molecule has 7 heteroatoms. The van der Waals surface area contributed by atoms with Crippen LogP contribution in [0.3, 0.4) is 0 Å². The highest BCUT2D eigenvalue weighted by Crippen LogP contribution is 2.24. The first-order valence-corrected chi connectivity index (χ1v) is 3.69. The lowest BCUT2D eigenvalue weighted by Gasteiger charge is -2.17. The van der Waals surface area contributed by atoms with Crippen molar-refractivity contribution < 1.29 is 29.7 Å². The van der Waals surface area contributed by atoms with Crippen molar-refractivity contribution in [3.8, 4) is 0 Å². The largest absolute Gasteiger partial charge is 0.480 e. The smallest absolute Gasteiger partial charge is 0.332 e. The van der Waals surface area contributed by atoms with Crippen molar-refractivity contribution >= 4 is 29.5 Å². The van der Waals surface area contributed by atoms with Gasteiger partial charge in [-0.3, -0.25) is 14.4 Å². The van der Waals surface area contributed by atoms with E-state index in [4.69, 9.17) is 26.9 Å². The van der Waals surface area contributed by atoms with Crippen LogP contribution in [0.1, 0.15) is 6.42 Å².